The predicted octanol–water partition coefficient (Wildman–Crippen LogP) is 6.38. The van der Waals surface area contributed by atoms with Crippen molar-refractivity contribution in [3.63, 3.8) is 0 Å². The smallest absolute Gasteiger partial charge is 0.416 e. The van der Waals surface area contributed by atoms with Gasteiger partial charge in [-0.05, 0) is 56.2 Å². The number of rotatable bonds is 4. The van der Waals surface area contributed by atoms with Crippen molar-refractivity contribution >= 4 is 23.2 Å². The maximum absolute atomic E-state index is 13.1. The van der Waals surface area contributed by atoms with Crippen molar-refractivity contribution in [1.82, 2.24) is 0 Å². The molecule has 1 aliphatic rings. The normalized spacial score (nSPS) is 16.0. The molecule has 0 bridgehead atoms. The first kappa shape index (κ1) is 26.4. The number of carbonyl (C=O) groups excluding carboxylic acids is 2. The van der Waals surface area contributed by atoms with Crippen molar-refractivity contribution in [3.05, 3.63) is 53.1 Å². The summed E-state index contributed by atoms with van der Waals surface area (Å²) >= 11 is 0. The number of anilines is 2. The first-order valence-corrected chi connectivity index (χ1v) is 10.7. The van der Waals surface area contributed by atoms with Crippen LogP contribution in [0.25, 0.3) is 0 Å². The Morgan fingerprint density at radius 2 is 1.60 bits per heavy atom. The minimum atomic E-state index is -5.08. The number of hydrogen-bond acceptors (Lipinski definition) is 3. The van der Waals surface area contributed by atoms with Crippen LogP contribution in [0.5, 0.6) is 5.75 Å². The molecule has 0 saturated heterocycles. The fraction of sp³-hybridized carbons (Fsp3) is 0.417. The number of halogens is 6. The number of carbonyl (C=O) groups is 2. The molecule has 1 aliphatic heterocycles. The van der Waals surface area contributed by atoms with Crippen molar-refractivity contribution in [2.75, 3.05) is 23.4 Å². The van der Waals surface area contributed by atoms with Gasteiger partial charge in [-0.2, -0.15) is 26.3 Å². The highest BCUT2D eigenvalue weighted by Gasteiger charge is 2.39. The average Bonchev–Trinajstić information content (AvgIpc) is 2.82. The van der Waals surface area contributed by atoms with E-state index in [-0.39, 0.29) is 30.2 Å². The van der Waals surface area contributed by atoms with Crippen molar-refractivity contribution in [1.29, 1.82) is 0 Å². The molecular formula is C24H24F6N2O3. The fourth-order valence-corrected chi connectivity index (χ4v) is 3.56. The van der Waals surface area contributed by atoms with E-state index < -0.39 is 40.4 Å². The lowest BCUT2D eigenvalue weighted by Gasteiger charge is -2.29. The molecule has 1 heterocycles. The second-order valence-corrected chi connectivity index (χ2v) is 9.41. The SMILES string of the molecule is CC(C)CN1C(=O)C(C)(C)COc2ccc(NC(=O)c3cc(C(F)(F)F)cc(C(F)(F)F)c3)cc21. The van der Waals surface area contributed by atoms with Crippen LogP contribution in [-0.4, -0.2) is 25.0 Å². The lowest BCUT2D eigenvalue weighted by atomic mass is 9.92. The van der Waals surface area contributed by atoms with Gasteiger partial charge in [0.05, 0.1) is 22.2 Å². The highest BCUT2D eigenvalue weighted by molar-refractivity contribution is 6.05. The van der Waals surface area contributed by atoms with Crippen molar-refractivity contribution < 1.29 is 40.7 Å². The molecule has 0 saturated carbocycles. The van der Waals surface area contributed by atoms with Gasteiger partial charge in [-0.1, -0.05) is 13.8 Å². The summed E-state index contributed by atoms with van der Waals surface area (Å²) in [5, 5.41) is 2.33. The van der Waals surface area contributed by atoms with E-state index in [1.807, 2.05) is 13.8 Å². The molecule has 1 N–H and O–H groups in total. The van der Waals surface area contributed by atoms with E-state index in [0.717, 1.165) is 0 Å². The van der Waals surface area contributed by atoms with Crippen LogP contribution in [-0.2, 0) is 17.1 Å². The summed E-state index contributed by atoms with van der Waals surface area (Å²) in [5.74, 6) is -0.954. The number of amides is 2. The molecule has 0 aromatic heterocycles. The number of benzene rings is 2. The zero-order chi connectivity index (χ0) is 26.3. The summed E-state index contributed by atoms with van der Waals surface area (Å²) in [6.07, 6.45) is -10.2. The molecular weight excluding hydrogens is 478 g/mol. The van der Waals surface area contributed by atoms with Crippen LogP contribution >= 0.6 is 0 Å². The van der Waals surface area contributed by atoms with Gasteiger partial charge in [-0.3, -0.25) is 9.59 Å². The maximum Gasteiger partial charge on any atom is 0.416 e. The van der Waals surface area contributed by atoms with Gasteiger partial charge >= 0.3 is 12.4 Å². The zero-order valence-electron chi connectivity index (χ0n) is 19.4. The Hall–Kier alpha value is -3.24. The lowest BCUT2D eigenvalue weighted by molar-refractivity contribution is -0.143. The monoisotopic (exact) mass is 502 g/mol. The minimum absolute atomic E-state index is 0.0479. The Labute approximate surface area is 198 Å². The van der Waals surface area contributed by atoms with Gasteiger partial charge < -0.3 is 15.0 Å². The number of ether oxygens (including phenoxy) is 1. The molecule has 2 amide bonds. The summed E-state index contributed by atoms with van der Waals surface area (Å²) in [5.41, 5.74) is -4.43. The van der Waals surface area contributed by atoms with Crippen molar-refractivity contribution in [2.45, 2.75) is 40.0 Å². The first-order valence-electron chi connectivity index (χ1n) is 10.7. The van der Waals surface area contributed by atoms with E-state index in [9.17, 15) is 35.9 Å². The number of alkyl halides is 6. The van der Waals surface area contributed by atoms with Gasteiger partial charge in [0.2, 0.25) is 5.91 Å². The van der Waals surface area contributed by atoms with Gasteiger partial charge in [0, 0.05) is 17.8 Å². The van der Waals surface area contributed by atoms with Gasteiger partial charge in [0.1, 0.15) is 12.4 Å². The van der Waals surface area contributed by atoms with E-state index in [1.165, 1.54) is 23.1 Å². The molecule has 0 atom stereocenters. The number of nitrogens with zero attached hydrogens (tertiary/aromatic N) is 1. The quantitative estimate of drug-likeness (QED) is 0.494. The average molecular weight is 502 g/mol. The van der Waals surface area contributed by atoms with E-state index in [1.54, 1.807) is 13.8 Å². The molecule has 0 spiro atoms. The van der Waals surface area contributed by atoms with Crippen molar-refractivity contribution in [2.24, 2.45) is 11.3 Å². The summed E-state index contributed by atoms with van der Waals surface area (Å²) in [6, 6.07) is 4.95. The molecule has 2 aromatic carbocycles. The van der Waals surface area contributed by atoms with Crippen LogP contribution in [0.2, 0.25) is 0 Å². The Morgan fingerprint density at radius 1 is 1.03 bits per heavy atom. The first-order chi connectivity index (χ1) is 16.0. The number of nitrogens with one attached hydrogen (secondary N) is 1. The molecule has 0 aliphatic carbocycles. The standard InChI is InChI=1S/C24H24F6N2O3/c1-13(2)11-32-18-10-17(5-6-19(18)35-12-22(3,4)21(32)34)31-20(33)14-7-15(23(25,26)27)9-16(8-14)24(28,29)30/h5-10,13H,11-12H2,1-4H3,(H,31,33). The van der Waals surface area contributed by atoms with Crippen molar-refractivity contribution in [3.8, 4) is 5.75 Å². The summed E-state index contributed by atoms with van der Waals surface area (Å²) in [4.78, 5) is 27.3. The largest absolute Gasteiger partial charge is 0.490 e. The Morgan fingerprint density at radius 3 is 2.11 bits per heavy atom. The van der Waals surface area contributed by atoms with Gasteiger partial charge in [0.25, 0.3) is 5.91 Å². The second-order valence-electron chi connectivity index (χ2n) is 9.41. The van der Waals surface area contributed by atoms with Crippen LogP contribution in [0.3, 0.4) is 0 Å². The Bertz CT molecular complexity index is 1110. The summed E-state index contributed by atoms with van der Waals surface area (Å²) < 4.78 is 84.7. The molecule has 35 heavy (non-hydrogen) atoms. The fourth-order valence-electron chi connectivity index (χ4n) is 3.56. The molecule has 11 heteroatoms. The molecule has 3 rings (SSSR count). The zero-order valence-corrected chi connectivity index (χ0v) is 19.4. The summed E-state index contributed by atoms with van der Waals surface area (Å²) in [7, 11) is 0. The third-order valence-electron chi connectivity index (χ3n) is 5.32. The van der Waals surface area contributed by atoms with Gasteiger partial charge in [0.15, 0.2) is 0 Å². The minimum Gasteiger partial charge on any atom is -0.490 e. The van der Waals surface area contributed by atoms with E-state index in [4.69, 9.17) is 4.74 Å². The Balaban J connectivity index is 1.99. The maximum atomic E-state index is 13.1. The van der Waals surface area contributed by atoms with Gasteiger partial charge in [-0.15, -0.1) is 0 Å². The number of fused-ring (bicyclic) bond motifs is 1. The topological polar surface area (TPSA) is 58.6 Å². The van der Waals surface area contributed by atoms with E-state index >= 15 is 0 Å². The van der Waals surface area contributed by atoms with Crippen LogP contribution in [0, 0.1) is 11.3 Å². The second kappa shape index (κ2) is 9.09. The molecule has 190 valence electrons. The molecule has 0 fully saturated rings. The van der Waals surface area contributed by atoms with E-state index in [0.29, 0.717) is 30.1 Å². The molecule has 0 radical (unpaired) electrons. The highest BCUT2D eigenvalue weighted by atomic mass is 19.4. The van der Waals surface area contributed by atoms with Crippen LogP contribution in [0.15, 0.2) is 36.4 Å². The molecule has 5 nitrogen and oxygen atoms in total. The van der Waals surface area contributed by atoms with Crippen LogP contribution < -0.4 is 15.0 Å². The summed E-state index contributed by atoms with van der Waals surface area (Å²) in [6.45, 7) is 7.70. The third-order valence-corrected chi connectivity index (χ3v) is 5.32. The number of hydrogen-bond donors (Lipinski definition) is 1. The molecule has 0 unspecified atom stereocenters. The van der Waals surface area contributed by atoms with E-state index in [2.05, 4.69) is 5.32 Å². The third kappa shape index (κ3) is 5.88. The predicted molar refractivity (Wildman–Crippen MR) is 117 cm³/mol. The highest BCUT2D eigenvalue weighted by Crippen LogP contribution is 2.39. The van der Waals surface area contributed by atoms with Gasteiger partial charge in [-0.25, -0.2) is 0 Å². The lowest BCUT2D eigenvalue weighted by Crippen LogP contribution is -2.43. The van der Waals surface area contributed by atoms with Crippen LogP contribution in [0.1, 0.15) is 49.2 Å². The molecule has 2 aromatic rings. The Kier molecular flexibility index (Phi) is 6.84. The van der Waals surface area contributed by atoms with Crippen LogP contribution in [0.4, 0.5) is 37.7 Å².